The van der Waals surface area contributed by atoms with Gasteiger partial charge in [0.1, 0.15) is 0 Å². The van der Waals surface area contributed by atoms with E-state index < -0.39 is 0 Å². The molecule has 136 valence electrons. The molecule has 0 aliphatic rings. The second kappa shape index (κ2) is 8.52. The molecule has 0 saturated heterocycles. The molecular weight excluding hydrogens is 360 g/mol. The average Bonchev–Trinajstić information content (AvgIpc) is 2.69. The number of halogens is 1. The Labute approximate surface area is 163 Å². The minimum atomic E-state index is -0.191. The molecule has 4 nitrogen and oxygen atoms in total. The van der Waals surface area contributed by atoms with Crippen molar-refractivity contribution in [3.63, 3.8) is 0 Å². The van der Waals surface area contributed by atoms with Gasteiger partial charge in [-0.3, -0.25) is 9.59 Å². The summed E-state index contributed by atoms with van der Waals surface area (Å²) in [5.74, 6) is -0.373. The van der Waals surface area contributed by atoms with Crippen LogP contribution in [0.4, 0.5) is 5.69 Å². The number of rotatable bonds is 5. The Morgan fingerprint density at radius 2 is 1.37 bits per heavy atom. The first kappa shape index (κ1) is 18.7. The minimum Gasteiger partial charge on any atom is -0.346 e. The third-order valence-electron chi connectivity index (χ3n) is 4.16. The number of hydrogen-bond acceptors (Lipinski definition) is 2. The fourth-order valence-electron chi connectivity index (χ4n) is 2.61. The van der Waals surface area contributed by atoms with E-state index in [1.165, 1.54) is 0 Å². The van der Waals surface area contributed by atoms with Gasteiger partial charge in [-0.25, -0.2) is 0 Å². The van der Waals surface area contributed by atoms with Crippen LogP contribution in [0.15, 0.2) is 78.9 Å². The zero-order valence-electron chi connectivity index (χ0n) is 14.8. The molecule has 27 heavy (non-hydrogen) atoms. The fourth-order valence-corrected chi connectivity index (χ4v) is 2.74. The highest BCUT2D eigenvalue weighted by atomic mass is 35.5. The summed E-state index contributed by atoms with van der Waals surface area (Å²) in [5, 5.41) is 6.42. The molecular formula is C22H19ClN2O2. The van der Waals surface area contributed by atoms with Gasteiger partial charge in [-0.05, 0) is 61.0 Å². The highest BCUT2D eigenvalue weighted by molar-refractivity contribution is 6.30. The summed E-state index contributed by atoms with van der Waals surface area (Å²) in [4.78, 5) is 24.6. The average molecular weight is 379 g/mol. The van der Waals surface area contributed by atoms with Gasteiger partial charge < -0.3 is 10.6 Å². The lowest BCUT2D eigenvalue weighted by Gasteiger charge is -2.15. The van der Waals surface area contributed by atoms with Gasteiger partial charge in [-0.2, -0.15) is 0 Å². The van der Waals surface area contributed by atoms with Gasteiger partial charge in [0.15, 0.2) is 0 Å². The third kappa shape index (κ3) is 4.96. The van der Waals surface area contributed by atoms with Crippen LogP contribution < -0.4 is 10.6 Å². The Morgan fingerprint density at radius 3 is 2.00 bits per heavy atom. The summed E-state index contributed by atoms with van der Waals surface area (Å²) >= 11 is 5.89. The van der Waals surface area contributed by atoms with Crippen LogP contribution in [-0.4, -0.2) is 11.8 Å². The minimum absolute atomic E-state index is 0.146. The Kier molecular flexibility index (Phi) is 5.89. The monoisotopic (exact) mass is 378 g/mol. The number of benzene rings is 3. The van der Waals surface area contributed by atoms with E-state index in [0.29, 0.717) is 21.8 Å². The van der Waals surface area contributed by atoms with Crippen LogP contribution in [0.25, 0.3) is 0 Å². The summed E-state index contributed by atoms with van der Waals surface area (Å²) in [6.07, 6.45) is 0. The Balaban J connectivity index is 1.61. The number of carbonyl (C=O) groups excluding carboxylic acids is 2. The van der Waals surface area contributed by atoms with Crippen molar-refractivity contribution in [3.8, 4) is 0 Å². The van der Waals surface area contributed by atoms with Crippen LogP contribution in [0.2, 0.25) is 5.02 Å². The molecule has 0 radical (unpaired) electrons. The molecule has 1 unspecified atom stereocenters. The van der Waals surface area contributed by atoms with E-state index in [0.717, 1.165) is 5.56 Å². The molecule has 3 rings (SSSR count). The van der Waals surface area contributed by atoms with Crippen molar-refractivity contribution in [3.05, 3.63) is 101 Å². The summed E-state index contributed by atoms with van der Waals surface area (Å²) in [7, 11) is 0. The highest BCUT2D eigenvalue weighted by Gasteiger charge is 2.12. The second-order valence-corrected chi connectivity index (χ2v) is 6.58. The van der Waals surface area contributed by atoms with Crippen LogP contribution >= 0.6 is 11.6 Å². The topological polar surface area (TPSA) is 58.2 Å². The summed E-state index contributed by atoms with van der Waals surface area (Å²) in [5.41, 5.74) is 2.70. The lowest BCUT2D eigenvalue weighted by molar-refractivity contribution is 0.0939. The van der Waals surface area contributed by atoms with E-state index in [1.807, 2.05) is 37.3 Å². The molecule has 0 heterocycles. The number of amides is 2. The molecule has 1 atom stereocenters. The first-order chi connectivity index (χ1) is 13.0. The van der Waals surface area contributed by atoms with Crippen LogP contribution in [0, 0.1) is 0 Å². The largest absolute Gasteiger partial charge is 0.346 e. The van der Waals surface area contributed by atoms with E-state index in [1.54, 1.807) is 48.5 Å². The maximum atomic E-state index is 12.4. The van der Waals surface area contributed by atoms with E-state index >= 15 is 0 Å². The molecule has 0 aliphatic carbocycles. The summed E-state index contributed by atoms with van der Waals surface area (Å²) < 4.78 is 0. The molecule has 0 saturated carbocycles. The standard InChI is InChI=1S/C22H19ClN2O2/c1-15(16-7-11-19(23)12-8-16)24-21(26)18-9-13-20(14-10-18)25-22(27)17-5-3-2-4-6-17/h2-15H,1H3,(H,24,26)(H,25,27). The number of nitrogens with one attached hydrogen (secondary N) is 2. The van der Waals surface area contributed by atoms with Gasteiger partial charge in [0.2, 0.25) is 0 Å². The smallest absolute Gasteiger partial charge is 0.255 e. The Morgan fingerprint density at radius 1 is 0.778 bits per heavy atom. The maximum Gasteiger partial charge on any atom is 0.255 e. The normalized spacial score (nSPS) is 11.5. The van der Waals surface area contributed by atoms with Gasteiger partial charge in [0.05, 0.1) is 6.04 Å². The first-order valence-corrected chi connectivity index (χ1v) is 8.93. The van der Waals surface area contributed by atoms with Crippen molar-refractivity contribution in [1.29, 1.82) is 0 Å². The number of hydrogen-bond donors (Lipinski definition) is 2. The summed E-state index contributed by atoms with van der Waals surface area (Å²) in [6, 6.07) is 23.0. The SMILES string of the molecule is CC(NC(=O)c1ccc(NC(=O)c2ccccc2)cc1)c1ccc(Cl)cc1. The molecule has 2 amide bonds. The third-order valence-corrected chi connectivity index (χ3v) is 4.41. The fraction of sp³-hybridized carbons (Fsp3) is 0.0909. The lowest BCUT2D eigenvalue weighted by Crippen LogP contribution is -2.26. The van der Waals surface area contributed by atoms with Crippen LogP contribution in [0.5, 0.6) is 0 Å². The van der Waals surface area contributed by atoms with Gasteiger partial charge in [-0.1, -0.05) is 41.9 Å². The second-order valence-electron chi connectivity index (χ2n) is 6.14. The van der Waals surface area contributed by atoms with Gasteiger partial charge in [0, 0.05) is 21.8 Å². The van der Waals surface area contributed by atoms with Crippen molar-refractivity contribution in [1.82, 2.24) is 5.32 Å². The number of anilines is 1. The van der Waals surface area contributed by atoms with Gasteiger partial charge in [-0.15, -0.1) is 0 Å². The van der Waals surface area contributed by atoms with E-state index in [-0.39, 0.29) is 17.9 Å². The van der Waals surface area contributed by atoms with Crippen LogP contribution in [-0.2, 0) is 0 Å². The molecule has 0 bridgehead atoms. The quantitative estimate of drug-likeness (QED) is 0.650. The van der Waals surface area contributed by atoms with Crippen LogP contribution in [0.3, 0.4) is 0 Å². The van der Waals surface area contributed by atoms with Crippen molar-refractivity contribution >= 4 is 29.1 Å². The Hall–Kier alpha value is -3.11. The van der Waals surface area contributed by atoms with E-state index in [2.05, 4.69) is 10.6 Å². The van der Waals surface area contributed by atoms with Crippen molar-refractivity contribution < 1.29 is 9.59 Å². The van der Waals surface area contributed by atoms with Crippen molar-refractivity contribution in [2.24, 2.45) is 0 Å². The highest BCUT2D eigenvalue weighted by Crippen LogP contribution is 2.17. The molecule has 3 aromatic rings. The van der Waals surface area contributed by atoms with E-state index in [9.17, 15) is 9.59 Å². The Bertz CT molecular complexity index is 923. The zero-order valence-corrected chi connectivity index (χ0v) is 15.5. The van der Waals surface area contributed by atoms with Crippen molar-refractivity contribution in [2.75, 3.05) is 5.32 Å². The predicted octanol–water partition coefficient (Wildman–Crippen LogP) is 5.08. The molecule has 0 spiro atoms. The van der Waals surface area contributed by atoms with Crippen LogP contribution in [0.1, 0.15) is 39.2 Å². The molecule has 2 N–H and O–H groups in total. The number of carbonyl (C=O) groups is 2. The molecule has 0 aliphatic heterocycles. The molecule has 3 aromatic carbocycles. The van der Waals surface area contributed by atoms with E-state index in [4.69, 9.17) is 11.6 Å². The molecule has 0 aromatic heterocycles. The summed E-state index contributed by atoms with van der Waals surface area (Å²) in [6.45, 7) is 1.91. The maximum absolute atomic E-state index is 12.4. The predicted molar refractivity (Wildman–Crippen MR) is 108 cm³/mol. The molecule has 5 heteroatoms. The molecule has 0 fully saturated rings. The first-order valence-electron chi connectivity index (χ1n) is 8.56. The van der Waals surface area contributed by atoms with Crippen molar-refractivity contribution in [2.45, 2.75) is 13.0 Å². The van der Waals surface area contributed by atoms with Gasteiger partial charge >= 0.3 is 0 Å². The lowest BCUT2D eigenvalue weighted by atomic mass is 10.1. The zero-order chi connectivity index (χ0) is 19.2. The van der Waals surface area contributed by atoms with Gasteiger partial charge in [0.25, 0.3) is 11.8 Å².